The van der Waals surface area contributed by atoms with Crippen LogP contribution in [0, 0.1) is 6.92 Å². The summed E-state index contributed by atoms with van der Waals surface area (Å²) in [5, 5.41) is 38.8. The number of nitrogen functional groups attached to an aromatic ring is 2. The second-order valence-corrected chi connectivity index (χ2v) is 13.1. The summed E-state index contributed by atoms with van der Waals surface area (Å²) in [6, 6.07) is 5.16. The molecule has 1 fully saturated rings. The molecule has 1 aliphatic heterocycles. The van der Waals surface area contributed by atoms with E-state index in [4.69, 9.17) is 26.4 Å². The summed E-state index contributed by atoms with van der Waals surface area (Å²) in [6.07, 6.45) is 3.15. The highest BCUT2D eigenvalue weighted by atomic mass is 16.5. The number of rotatable bonds is 11. The normalized spacial score (nSPS) is 16.2. The molecule has 60 heavy (non-hydrogen) atoms. The number of ether oxygens (including phenoxy) is 1. The first-order valence-electron chi connectivity index (χ1n) is 17.8. The minimum atomic E-state index is -1.30. The molecule has 316 valence electrons. The van der Waals surface area contributed by atoms with Crippen LogP contribution >= 0.6 is 0 Å². The molecule has 1 amide bonds. The fourth-order valence-electron chi connectivity index (χ4n) is 5.65. The summed E-state index contributed by atoms with van der Waals surface area (Å²) in [4.78, 5) is 101. The fraction of sp³-hybridized carbons (Fsp3) is 0.314. The highest BCUT2D eigenvalue weighted by molar-refractivity contribution is 5.97. The van der Waals surface area contributed by atoms with Crippen molar-refractivity contribution in [2.75, 3.05) is 30.0 Å². The molecule has 1 aromatic carbocycles. The van der Waals surface area contributed by atoms with Gasteiger partial charge in [-0.25, -0.2) is 29.5 Å². The number of carboxylic acids is 2. The third-order valence-corrected chi connectivity index (χ3v) is 8.79. The molecule has 0 radical (unpaired) electrons. The van der Waals surface area contributed by atoms with Gasteiger partial charge in [0.25, 0.3) is 17.0 Å². The van der Waals surface area contributed by atoms with Crippen LogP contribution < -0.4 is 38.5 Å². The Balaban J connectivity index is 0.000000206. The summed E-state index contributed by atoms with van der Waals surface area (Å²) in [5.41, 5.74) is 13.7. The van der Waals surface area contributed by atoms with Crippen molar-refractivity contribution in [2.45, 2.75) is 57.2 Å². The molecule has 0 spiro atoms. The molecular formula is C35H40N14O11. The molecule has 0 unspecified atom stereocenters. The lowest BCUT2D eigenvalue weighted by Crippen LogP contribution is -2.41. The second-order valence-electron chi connectivity index (χ2n) is 13.1. The van der Waals surface area contributed by atoms with Crippen molar-refractivity contribution in [3.63, 3.8) is 0 Å². The van der Waals surface area contributed by atoms with Gasteiger partial charge in [0.05, 0.1) is 43.8 Å². The number of carbonyl (C=O) groups excluding carboxylic acids is 1. The molecule has 25 nitrogen and oxygen atoms in total. The molecule has 5 aromatic heterocycles. The predicted molar refractivity (Wildman–Crippen MR) is 210 cm³/mol. The van der Waals surface area contributed by atoms with Gasteiger partial charge in [-0.15, -0.1) is 0 Å². The van der Waals surface area contributed by atoms with Crippen molar-refractivity contribution >= 4 is 57.6 Å². The number of carbonyl (C=O) groups is 3. The summed E-state index contributed by atoms with van der Waals surface area (Å²) >= 11 is 0. The first-order chi connectivity index (χ1) is 28.5. The Hall–Kier alpha value is -7.64. The van der Waals surface area contributed by atoms with Crippen molar-refractivity contribution in [2.24, 2.45) is 0 Å². The Labute approximate surface area is 336 Å². The number of fused-ring (bicyclic) bond motifs is 2. The zero-order valence-corrected chi connectivity index (χ0v) is 31.8. The number of anilines is 3. The Bertz CT molecular complexity index is 2660. The topological polar surface area (TPSA) is 390 Å². The van der Waals surface area contributed by atoms with Crippen molar-refractivity contribution in [1.29, 1.82) is 0 Å². The Morgan fingerprint density at radius 3 is 2.33 bits per heavy atom. The Morgan fingerprint density at radius 2 is 1.70 bits per heavy atom. The van der Waals surface area contributed by atoms with Gasteiger partial charge in [-0.3, -0.25) is 28.7 Å². The zero-order valence-electron chi connectivity index (χ0n) is 31.8. The molecule has 12 N–H and O–H groups in total. The van der Waals surface area contributed by atoms with Crippen molar-refractivity contribution in [3.05, 3.63) is 97.3 Å². The van der Waals surface area contributed by atoms with Gasteiger partial charge in [0.15, 0.2) is 28.1 Å². The van der Waals surface area contributed by atoms with Gasteiger partial charge in [0.1, 0.15) is 18.4 Å². The van der Waals surface area contributed by atoms with E-state index >= 15 is 0 Å². The molecule has 6 aromatic rings. The number of hydrogen-bond donors (Lipinski definition) is 10. The van der Waals surface area contributed by atoms with Crippen LogP contribution in [-0.4, -0.2) is 120 Å². The van der Waals surface area contributed by atoms with Crippen LogP contribution in [0.4, 0.5) is 17.5 Å². The summed E-state index contributed by atoms with van der Waals surface area (Å²) in [7, 11) is 1.82. The molecule has 0 bridgehead atoms. The molecular weight excluding hydrogens is 792 g/mol. The van der Waals surface area contributed by atoms with E-state index in [0.717, 1.165) is 5.69 Å². The zero-order chi connectivity index (χ0) is 43.7. The molecule has 4 atom stereocenters. The number of aromatic amines is 3. The second kappa shape index (κ2) is 19.2. The molecule has 0 aliphatic carbocycles. The highest BCUT2D eigenvalue weighted by Gasteiger charge is 2.35. The summed E-state index contributed by atoms with van der Waals surface area (Å²) in [6.45, 7) is 1.63. The SMILES string of the molecule is CN(Cc1cnc2nc(N)nc(N)c2n1)c1ccc(C(=O)N[C@@H](CCC(=O)O)C(=O)O)cc1.Cc1cn([C@H]2C[C@H](O)[C@@H](CO)O2)c(=O)[nH]c1=O.O=c1[nH]cnc2nc[nH]c12. The van der Waals surface area contributed by atoms with E-state index in [9.17, 15) is 39.0 Å². The van der Waals surface area contributed by atoms with E-state index in [-0.39, 0.29) is 48.8 Å². The number of aromatic nitrogens is 10. The van der Waals surface area contributed by atoms with Gasteiger partial charge in [-0.2, -0.15) is 9.97 Å². The first-order valence-corrected chi connectivity index (χ1v) is 17.8. The quantitative estimate of drug-likeness (QED) is 0.0702. The van der Waals surface area contributed by atoms with Crippen molar-refractivity contribution in [1.82, 2.24) is 54.7 Å². The van der Waals surface area contributed by atoms with Gasteiger partial charge in [0.2, 0.25) is 5.95 Å². The number of nitrogens with two attached hydrogens (primary N) is 2. The van der Waals surface area contributed by atoms with Gasteiger partial charge in [-0.05, 0) is 37.6 Å². The standard InChI is InChI=1S/C20H22N8O5.C10H14N2O5.C5H4N4O/c1-28(9-11-8-23-17-15(24-11)16(21)26-20(22)27-17)12-4-2-10(3-5-12)18(31)25-13(19(32)33)6-7-14(29)30;1-5-3-12(10(16)11-9(5)15)8-2-6(14)7(4-13)17-8;10-5-3-4(7-1-6-3)8-2-9-5/h2-5,8,13H,6-7,9H2,1H3,(H,25,31)(H,29,30)(H,32,33)(H4,21,22,23,26,27);3,6-8,13-14H,2,4H2,1H3,(H,11,15,16);1-2H,(H2,6,7,8,9,10)/t13-;6-,7+,8+;/m00./s1. The number of aliphatic carboxylic acids is 2. The number of nitrogens with one attached hydrogen (secondary N) is 4. The smallest absolute Gasteiger partial charge is 0.330 e. The Morgan fingerprint density at radius 1 is 1.00 bits per heavy atom. The first kappa shape index (κ1) is 43.5. The monoisotopic (exact) mass is 832 g/mol. The summed E-state index contributed by atoms with van der Waals surface area (Å²) < 4.78 is 6.54. The molecule has 25 heteroatoms. The molecule has 7 rings (SSSR count). The van der Waals surface area contributed by atoms with Crippen LogP contribution in [-0.2, 0) is 20.9 Å². The average Bonchev–Trinajstić information content (AvgIpc) is 3.85. The van der Waals surface area contributed by atoms with Crippen molar-refractivity contribution in [3.8, 4) is 0 Å². The van der Waals surface area contributed by atoms with E-state index in [0.29, 0.717) is 40.1 Å². The van der Waals surface area contributed by atoms with Crippen LogP contribution in [0.2, 0.25) is 0 Å². The largest absolute Gasteiger partial charge is 0.481 e. The minimum Gasteiger partial charge on any atom is -0.481 e. The van der Waals surface area contributed by atoms with Crippen molar-refractivity contribution < 1.29 is 39.5 Å². The number of benzene rings is 1. The average molecular weight is 833 g/mol. The Kier molecular flexibility index (Phi) is 13.9. The van der Waals surface area contributed by atoms with E-state index in [2.05, 4.69) is 50.2 Å². The number of hydrogen-bond acceptors (Lipinski definition) is 18. The molecule has 6 heterocycles. The maximum absolute atomic E-state index is 12.4. The molecule has 1 saturated heterocycles. The number of aliphatic hydroxyl groups is 2. The van der Waals surface area contributed by atoms with Gasteiger partial charge in [0, 0.05) is 42.9 Å². The van der Waals surface area contributed by atoms with Crippen LogP contribution in [0.25, 0.3) is 22.3 Å². The van der Waals surface area contributed by atoms with Crippen LogP contribution in [0.3, 0.4) is 0 Å². The van der Waals surface area contributed by atoms with Crippen LogP contribution in [0.15, 0.2) is 63.7 Å². The van der Waals surface area contributed by atoms with E-state index in [1.807, 2.05) is 11.9 Å². The number of amides is 1. The summed E-state index contributed by atoms with van der Waals surface area (Å²) in [5.74, 6) is -2.91. The highest BCUT2D eigenvalue weighted by Crippen LogP contribution is 2.27. The lowest BCUT2D eigenvalue weighted by molar-refractivity contribution is -0.140. The number of aryl methyl sites for hydroxylation is 1. The molecule has 1 aliphatic rings. The number of H-pyrrole nitrogens is 3. The minimum absolute atomic E-state index is 0.0138. The predicted octanol–water partition coefficient (Wildman–Crippen LogP) is -1.60. The van der Waals surface area contributed by atoms with E-state index in [1.165, 1.54) is 35.6 Å². The third kappa shape index (κ3) is 10.8. The number of nitrogens with zero attached hydrogens (tertiary/aromatic N) is 8. The van der Waals surface area contributed by atoms with Gasteiger partial charge in [-0.1, -0.05) is 0 Å². The maximum Gasteiger partial charge on any atom is 0.330 e. The number of aliphatic hydroxyl groups excluding tert-OH is 2. The third-order valence-electron chi connectivity index (χ3n) is 8.79. The number of imidazole rings is 1. The number of carboxylic acid groups (broad SMARTS) is 2. The van der Waals surface area contributed by atoms with Crippen LogP contribution in [0.1, 0.15) is 47.1 Å². The van der Waals surface area contributed by atoms with E-state index in [1.54, 1.807) is 25.3 Å². The van der Waals surface area contributed by atoms with Gasteiger partial charge < -0.3 is 56.8 Å². The molecule has 0 saturated carbocycles. The van der Waals surface area contributed by atoms with E-state index < -0.39 is 53.6 Å². The lowest BCUT2D eigenvalue weighted by Gasteiger charge is -2.19. The van der Waals surface area contributed by atoms with Crippen LogP contribution in [0.5, 0.6) is 0 Å². The van der Waals surface area contributed by atoms with Gasteiger partial charge >= 0.3 is 17.6 Å². The fourth-order valence-corrected chi connectivity index (χ4v) is 5.65. The maximum atomic E-state index is 12.4. The lowest BCUT2D eigenvalue weighted by atomic mass is 10.1.